The van der Waals surface area contributed by atoms with Crippen molar-refractivity contribution in [2.75, 3.05) is 12.3 Å². The molecule has 0 bridgehead atoms. The van der Waals surface area contributed by atoms with Gasteiger partial charge in [-0.3, -0.25) is 4.57 Å². The summed E-state index contributed by atoms with van der Waals surface area (Å²) in [4.78, 5) is 11.8. The van der Waals surface area contributed by atoms with Gasteiger partial charge in [0.2, 0.25) is 5.72 Å². The first kappa shape index (κ1) is 13.5. The van der Waals surface area contributed by atoms with Crippen LogP contribution in [0.15, 0.2) is 24.7 Å². The number of fused-ring (bicyclic) bond motifs is 1. The second-order valence-corrected chi connectivity index (χ2v) is 4.57. The Morgan fingerprint density at radius 2 is 2.14 bits per heavy atom. The van der Waals surface area contributed by atoms with E-state index < -0.39 is 24.5 Å². The van der Waals surface area contributed by atoms with E-state index in [9.17, 15) is 15.3 Å². The number of aliphatic hydroxyl groups is 4. The first-order chi connectivity index (χ1) is 10.0. The van der Waals surface area contributed by atoms with Crippen molar-refractivity contribution >= 4 is 17.0 Å². The molecule has 6 N–H and O–H groups in total. The zero-order valence-corrected chi connectivity index (χ0v) is 10.7. The number of aliphatic hydroxyl groups excluding tert-OH is 4. The SMILES string of the molecule is Nc1ncnc2c1ncn2[C@]1(CO)O/C(=C\O)[C@@H](O)[C@H]1O. The fraction of sp³-hybridized carbons (Fsp3) is 0.364. The van der Waals surface area contributed by atoms with Gasteiger partial charge in [0.25, 0.3) is 0 Å². The van der Waals surface area contributed by atoms with Crippen molar-refractivity contribution in [1.82, 2.24) is 19.5 Å². The normalized spacial score (nSPS) is 30.9. The molecule has 1 saturated heterocycles. The maximum Gasteiger partial charge on any atom is 0.241 e. The van der Waals surface area contributed by atoms with Gasteiger partial charge in [-0.1, -0.05) is 0 Å². The molecule has 1 fully saturated rings. The second-order valence-electron chi connectivity index (χ2n) is 4.57. The van der Waals surface area contributed by atoms with Gasteiger partial charge in [0.05, 0.1) is 0 Å². The van der Waals surface area contributed by atoms with Gasteiger partial charge < -0.3 is 30.9 Å². The lowest BCUT2D eigenvalue weighted by Crippen LogP contribution is -2.48. The Morgan fingerprint density at radius 1 is 1.38 bits per heavy atom. The molecule has 3 atom stereocenters. The van der Waals surface area contributed by atoms with E-state index in [0.29, 0.717) is 6.26 Å². The predicted molar refractivity (Wildman–Crippen MR) is 68.6 cm³/mol. The third kappa shape index (κ3) is 1.67. The fourth-order valence-corrected chi connectivity index (χ4v) is 2.35. The van der Waals surface area contributed by atoms with Crippen LogP contribution in [0.1, 0.15) is 0 Å². The smallest absolute Gasteiger partial charge is 0.241 e. The first-order valence-corrected chi connectivity index (χ1v) is 5.99. The minimum Gasteiger partial charge on any atom is -0.512 e. The monoisotopic (exact) mass is 295 g/mol. The highest BCUT2D eigenvalue weighted by Gasteiger charge is 2.55. The number of aromatic nitrogens is 4. The Morgan fingerprint density at radius 3 is 2.76 bits per heavy atom. The van der Waals surface area contributed by atoms with E-state index in [4.69, 9.17) is 15.6 Å². The lowest BCUT2D eigenvalue weighted by Gasteiger charge is -2.30. The van der Waals surface area contributed by atoms with Crippen molar-refractivity contribution in [2.45, 2.75) is 17.9 Å². The molecule has 0 amide bonds. The Labute approximate surface area is 117 Å². The molecule has 0 saturated carbocycles. The van der Waals surface area contributed by atoms with Crippen LogP contribution in [0.4, 0.5) is 5.82 Å². The molecule has 0 aromatic carbocycles. The number of nitrogens with zero attached hydrogens (tertiary/aromatic N) is 4. The zero-order chi connectivity index (χ0) is 15.2. The quantitative estimate of drug-likeness (QED) is 0.403. The van der Waals surface area contributed by atoms with Gasteiger partial charge in [0, 0.05) is 0 Å². The van der Waals surface area contributed by atoms with Crippen molar-refractivity contribution in [2.24, 2.45) is 0 Å². The predicted octanol–water partition coefficient (Wildman–Crippen LogP) is -1.79. The molecule has 2 aromatic rings. The number of nitrogen functional groups attached to an aromatic ring is 1. The minimum atomic E-state index is -1.77. The highest BCUT2D eigenvalue weighted by Crippen LogP contribution is 2.39. The van der Waals surface area contributed by atoms with E-state index in [2.05, 4.69) is 15.0 Å². The molecule has 1 aliphatic heterocycles. The van der Waals surface area contributed by atoms with Crippen LogP contribution in [0.3, 0.4) is 0 Å². The van der Waals surface area contributed by atoms with Crippen molar-refractivity contribution in [3.05, 3.63) is 24.7 Å². The largest absolute Gasteiger partial charge is 0.512 e. The van der Waals surface area contributed by atoms with Crippen LogP contribution < -0.4 is 5.73 Å². The van der Waals surface area contributed by atoms with Gasteiger partial charge in [-0.15, -0.1) is 0 Å². The highest BCUT2D eigenvalue weighted by molar-refractivity contribution is 5.81. The molecule has 2 aromatic heterocycles. The van der Waals surface area contributed by atoms with E-state index in [1.54, 1.807) is 0 Å². The maximum atomic E-state index is 10.2. The van der Waals surface area contributed by atoms with Gasteiger partial charge in [-0.25, -0.2) is 15.0 Å². The summed E-state index contributed by atoms with van der Waals surface area (Å²) in [6.45, 7) is -0.696. The van der Waals surface area contributed by atoms with Crippen LogP contribution in [0.25, 0.3) is 11.2 Å². The molecule has 0 radical (unpaired) electrons. The fourth-order valence-electron chi connectivity index (χ4n) is 2.35. The summed E-state index contributed by atoms with van der Waals surface area (Å²) in [6.07, 6.45) is -0.0782. The van der Waals surface area contributed by atoms with Crippen LogP contribution in [-0.2, 0) is 10.5 Å². The highest BCUT2D eigenvalue weighted by atomic mass is 16.6. The number of anilines is 1. The first-order valence-electron chi connectivity index (χ1n) is 5.99. The topological polar surface area (TPSA) is 160 Å². The van der Waals surface area contributed by atoms with Gasteiger partial charge in [0.1, 0.15) is 43.2 Å². The van der Waals surface area contributed by atoms with E-state index in [0.717, 1.165) is 0 Å². The number of nitrogens with two attached hydrogens (primary N) is 1. The molecule has 21 heavy (non-hydrogen) atoms. The van der Waals surface area contributed by atoms with Crippen molar-refractivity contribution in [3.63, 3.8) is 0 Å². The second kappa shape index (κ2) is 4.55. The Kier molecular flexibility index (Phi) is 2.93. The standard InChI is InChI=1S/C11H13N5O5/c12-9-6-10(14-3-13-9)16(4-15-6)11(2-18)8(20)7(19)5(1-17)21-11/h1,3-4,7-8,17-20H,2H2,(H2,12,13,14)/b5-1-/t7-,8-,11-/m1/s1. The van der Waals surface area contributed by atoms with Crippen LogP contribution >= 0.6 is 0 Å². The van der Waals surface area contributed by atoms with Gasteiger partial charge in [-0.05, 0) is 0 Å². The van der Waals surface area contributed by atoms with E-state index >= 15 is 0 Å². The molecule has 3 rings (SSSR count). The van der Waals surface area contributed by atoms with E-state index in [1.165, 1.54) is 17.2 Å². The Hall–Kier alpha value is -2.43. The molecular formula is C11H13N5O5. The maximum absolute atomic E-state index is 10.2. The average Bonchev–Trinajstić information content (AvgIpc) is 3.03. The van der Waals surface area contributed by atoms with Crippen LogP contribution in [0, 0.1) is 0 Å². The lowest BCUT2D eigenvalue weighted by atomic mass is 10.0. The van der Waals surface area contributed by atoms with Crippen molar-refractivity contribution < 1.29 is 25.2 Å². The Balaban J connectivity index is 2.22. The summed E-state index contributed by atoms with van der Waals surface area (Å²) >= 11 is 0. The van der Waals surface area contributed by atoms with Crippen molar-refractivity contribution in [3.8, 4) is 0 Å². The molecule has 0 spiro atoms. The third-order valence-electron chi connectivity index (χ3n) is 3.47. The summed E-state index contributed by atoms with van der Waals surface area (Å²) in [5.74, 6) is -0.154. The van der Waals surface area contributed by atoms with Crippen LogP contribution in [0.5, 0.6) is 0 Å². The molecule has 1 aliphatic rings. The van der Waals surface area contributed by atoms with Gasteiger partial charge >= 0.3 is 0 Å². The molecular weight excluding hydrogens is 282 g/mol. The molecule has 0 unspecified atom stereocenters. The molecule has 0 aliphatic carbocycles. The number of rotatable bonds is 2. The van der Waals surface area contributed by atoms with Crippen molar-refractivity contribution in [1.29, 1.82) is 0 Å². The van der Waals surface area contributed by atoms with E-state index in [1.807, 2.05) is 0 Å². The summed E-state index contributed by atoms with van der Waals surface area (Å²) in [5.41, 5.74) is 4.37. The average molecular weight is 295 g/mol. The summed E-state index contributed by atoms with van der Waals surface area (Å²) in [5, 5.41) is 38.8. The number of imidazole rings is 1. The summed E-state index contributed by atoms with van der Waals surface area (Å²) < 4.78 is 6.59. The summed E-state index contributed by atoms with van der Waals surface area (Å²) in [7, 11) is 0. The Bertz CT molecular complexity index is 716. The lowest BCUT2D eigenvalue weighted by molar-refractivity contribution is -0.140. The molecule has 112 valence electrons. The van der Waals surface area contributed by atoms with Gasteiger partial charge in [-0.2, -0.15) is 0 Å². The van der Waals surface area contributed by atoms with Crippen LogP contribution in [-0.4, -0.2) is 58.8 Å². The summed E-state index contributed by atoms with van der Waals surface area (Å²) in [6, 6.07) is 0. The number of hydrogen-bond acceptors (Lipinski definition) is 9. The third-order valence-corrected chi connectivity index (χ3v) is 3.47. The molecule has 10 heteroatoms. The molecule has 3 heterocycles. The zero-order valence-electron chi connectivity index (χ0n) is 10.7. The number of ether oxygens (including phenoxy) is 1. The number of hydrogen-bond donors (Lipinski definition) is 5. The van der Waals surface area contributed by atoms with E-state index in [-0.39, 0.29) is 22.7 Å². The van der Waals surface area contributed by atoms with Crippen LogP contribution in [0.2, 0.25) is 0 Å². The minimum absolute atomic E-state index is 0.123. The van der Waals surface area contributed by atoms with Gasteiger partial charge in [0.15, 0.2) is 17.2 Å². The molecule has 10 nitrogen and oxygen atoms in total.